The van der Waals surface area contributed by atoms with E-state index in [0.29, 0.717) is 6.61 Å². The molecular formula is C16H20BrNO2S. The molecule has 1 fully saturated rings. The van der Waals surface area contributed by atoms with Crippen molar-refractivity contribution in [3.8, 4) is 0 Å². The molecule has 3 rings (SSSR count). The van der Waals surface area contributed by atoms with Crippen LogP contribution in [0.3, 0.4) is 0 Å². The molecule has 1 aromatic rings. The molecule has 1 heterocycles. The van der Waals surface area contributed by atoms with Gasteiger partial charge in [-0.25, -0.2) is 0 Å². The fourth-order valence-electron chi connectivity index (χ4n) is 2.51. The summed E-state index contributed by atoms with van der Waals surface area (Å²) in [5, 5.41) is 0. The monoisotopic (exact) mass is 369 g/mol. The van der Waals surface area contributed by atoms with Crippen molar-refractivity contribution in [1.29, 1.82) is 0 Å². The van der Waals surface area contributed by atoms with Crippen molar-refractivity contribution in [3.63, 3.8) is 0 Å². The average Bonchev–Trinajstić information content (AvgIpc) is 3.12. The van der Waals surface area contributed by atoms with Crippen LogP contribution in [0, 0.1) is 0 Å². The Morgan fingerprint density at radius 2 is 2.10 bits per heavy atom. The molecule has 5 heteroatoms. The summed E-state index contributed by atoms with van der Waals surface area (Å²) in [5.41, 5.74) is 3.63. The van der Waals surface area contributed by atoms with E-state index in [0.717, 1.165) is 29.3 Å². The number of benzene rings is 1. The molecule has 21 heavy (non-hydrogen) atoms. The van der Waals surface area contributed by atoms with Gasteiger partial charge in [0.05, 0.1) is 18.4 Å². The van der Waals surface area contributed by atoms with Gasteiger partial charge in [-0.05, 0) is 56.9 Å². The van der Waals surface area contributed by atoms with E-state index >= 15 is 0 Å². The van der Waals surface area contributed by atoms with E-state index in [-0.39, 0.29) is 10.3 Å². The normalized spacial score (nSPS) is 21.6. The van der Waals surface area contributed by atoms with Gasteiger partial charge < -0.3 is 9.29 Å². The predicted octanol–water partition coefficient (Wildman–Crippen LogP) is 3.94. The van der Waals surface area contributed by atoms with Crippen LogP contribution in [-0.2, 0) is 29.1 Å². The highest BCUT2D eigenvalue weighted by Crippen LogP contribution is 2.47. The standard InChI is InChI=1S/C16H20BrNO2S/c1-15(2,3)21(19)18-9-12-7-13(17)6-11-8-16(4-5-16)20-10-14(11)12/h6-7,9H,4-5,8,10H2,1-3H3/b18-9+/t21-/m0/s1. The van der Waals surface area contributed by atoms with E-state index in [2.05, 4.69) is 26.4 Å². The third kappa shape index (κ3) is 3.36. The Kier molecular flexibility index (Phi) is 3.97. The van der Waals surface area contributed by atoms with Crippen LogP contribution in [0.2, 0.25) is 0 Å². The molecule has 1 saturated carbocycles. The highest BCUT2D eigenvalue weighted by Gasteiger charge is 2.46. The van der Waals surface area contributed by atoms with Gasteiger partial charge in [0.15, 0.2) is 0 Å². The molecule has 0 unspecified atom stereocenters. The molecular weight excluding hydrogens is 350 g/mol. The lowest BCUT2D eigenvalue weighted by Gasteiger charge is -2.26. The van der Waals surface area contributed by atoms with E-state index in [4.69, 9.17) is 4.74 Å². The third-order valence-corrected chi connectivity index (χ3v) is 5.80. The van der Waals surface area contributed by atoms with Crippen LogP contribution in [0.1, 0.15) is 50.3 Å². The number of rotatable bonds is 2. The Labute approximate surface area is 137 Å². The quantitative estimate of drug-likeness (QED) is 0.585. The van der Waals surface area contributed by atoms with Gasteiger partial charge in [0.2, 0.25) is 0 Å². The minimum absolute atomic E-state index is 0.108. The second kappa shape index (κ2) is 5.37. The van der Waals surface area contributed by atoms with Crippen LogP contribution >= 0.6 is 15.9 Å². The van der Waals surface area contributed by atoms with Gasteiger partial charge in [0.1, 0.15) is 16.1 Å². The van der Waals surface area contributed by atoms with Gasteiger partial charge in [-0.15, -0.1) is 0 Å². The van der Waals surface area contributed by atoms with Crippen molar-refractivity contribution < 1.29 is 9.29 Å². The Morgan fingerprint density at radius 3 is 2.71 bits per heavy atom. The van der Waals surface area contributed by atoms with Crippen LogP contribution in [0.15, 0.2) is 21.0 Å². The Morgan fingerprint density at radius 1 is 1.38 bits per heavy atom. The van der Waals surface area contributed by atoms with E-state index in [9.17, 15) is 4.55 Å². The van der Waals surface area contributed by atoms with Gasteiger partial charge in [-0.1, -0.05) is 20.3 Å². The van der Waals surface area contributed by atoms with Crippen LogP contribution in [0.4, 0.5) is 0 Å². The fourth-order valence-corrected chi connectivity index (χ4v) is 3.56. The molecule has 1 aliphatic heterocycles. The summed E-state index contributed by atoms with van der Waals surface area (Å²) < 4.78 is 23.0. The zero-order valence-electron chi connectivity index (χ0n) is 12.6. The first kappa shape index (κ1) is 15.5. The van der Waals surface area contributed by atoms with Gasteiger partial charge in [-0.3, -0.25) is 0 Å². The smallest absolute Gasteiger partial charge is 0.144 e. The summed E-state index contributed by atoms with van der Waals surface area (Å²) >= 11 is 2.33. The van der Waals surface area contributed by atoms with Gasteiger partial charge in [0, 0.05) is 16.5 Å². The van der Waals surface area contributed by atoms with Crippen LogP contribution in [0.5, 0.6) is 0 Å². The van der Waals surface area contributed by atoms with Crippen molar-refractivity contribution >= 4 is 33.5 Å². The number of hydrogen-bond acceptors (Lipinski definition) is 3. The molecule has 0 amide bonds. The lowest BCUT2D eigenvalue weighted by Crippen LogP contribution is -2.26. The third-order valence-electron chi connectivity index (χ3n) is 4.00. The molecule has 0 saturated heterocycles. The molecule has 1 aromatic carbocycles. The number of ether oxygens (including phenoxy) is 1. The molecule has 1 spiro atoms. The summed E-state index contributed by atoms with van der Waals surface area (Å²) in [5.74, 6) is 0. The molecule has 1 atom stereocenters. The molecule has 2 aliphatic rings. The SMILES string of the molecule is CC(C)(C)[S@+]([O-])/N=C/c1cc(Br)cc2c1COC1(CC1)C2. The van der Waals surface area contributed by atoms with Crippen LogP contribution in [0.25, 0.3) is 0 Å². The summed E-state index contributed by atoms with van der Waals surface area (Å²) in [7, 11) is 0. The molecule has 114 valence electrons. The summed E-state index contributed by atoms with van der Waals surface area (Å²) in [4.78, 5) is 0. The molecule has 1 aliphatic carbocycles. The molecule has 0 aromatic heterocycles. The first-order valence-corrected chi connectivity index (χ1v) is 9.10. The Bertz CT molecular complexity index is 591. The predicted molar refractivity (Wildman–Crippen MR) is 90.1 cm³/mol. The first-order chi connectivity index (χ1) is 9.79. The van der Waals surface area contributed by atoms with Crippen molar-refractivity contribution in [3.05, 3.63) is 33.3 Å². The highest BCUT2D eigenvalue weighted by atomic mass is 79.9. The van der Waals surface area contributed by atoms with Crippen LogP contribution < -0.4 is 0 Å². The topological polar surface area (TPSA) is 44.7 Å². The molecule has 3 nitrogen and oxygen atoms in total. The zero-order chi connectivity index (χ0) is 15.3. The maximum atomic E-state index is 12.1. The van der Waals surface area contributed by atoms with Crippen molar-refractivity contribution in [1.82, 2.24) is 0 Å². The van der Waals surface area contributed by atoms with Gasteiger partial charge in [-0.2, -0.15) is 0 Å². The fraction of sp³-hybridized carbons (Fsp3) is 0.562. The largest absolute Gasteiger partial charge is 0.591 e. The average molecular weight is 370 g/mol. The maximum Gasteiger partial charge on any atom is 0.144 e. The molecule has 0 N–H and O–H groups in total. The second-order valence-electron chi connectivity index (χ2n) is 6.88. The maximum absolute atomic E-state index is 12.1. The van der Waals surface area contributed by atoms with Gasteiger partial charge >= 0.3 is 0 Å². The van der Waals surface area contributed by atoms with E-state index in [1.165, 1.54) is 11.1 Å². The Hall–Kier alpha value is -0.360. The lowest BCUT2D eigenvalue weighted by molar-refractivity contribution is 0.00809. The number of hydrogen-bond donors (Lipinski definition) is 0. The number of halogens is 1. The summed E-state index contributed by atoms with van der Waals surface area (Å²) in [6.45, 7) is 6.41. The summed E-state index contributed by atoms with van der Waals surface area (Å²) in [6.07, 6.45) is 5.04. The van der Waals surface area contributed by atoms with Crippen molar-refractivity contribution in [2.24, 2.45) is 4.40 Å². The lowest BCUT2D eigenvalue weighted by atomic mass is 9.94. The van der Waals surface area contributed by atoms with E-state index in [1.807, 2.05) is 26.8 Å². The minimum Gasteiger partial charge on any atom is -0.591 e. The van der Waals surface area contributed by atoms with E-state index in [1.54, 1.807) is 6.21 Å². The number of nitrogens with zero attached hydrogens (tertiary/aromatic N) is 1. The zero-order valence-corrected chi connectivity index (χ0v) is 15.0. The highest BCUT2D eigenvalue weighted by molar-refractivity contribution is 9.10. The molecule has 0 radical (unpaired) electrons. The second-order valence-corrected chi connectivity index (χ2v) is 9.73. The van der Waals surface area contributed by atoms with Crippen molar-refractivity contribution in [2.45, 2.75) is 57.0 Å². The van der Waals surface area contributed by atoms with Crippen LogP contribution in [-0.4, -0.2) is 21.1 Å². The number of fused-ring (bicyclic) bond motifs is 1. The molecule has 0 bridgehead atoms. The first-order valence-electron chi connectivity index (χ1n) is 7.20. The Balaban J connectivity index is 1.89. The minimum atomic E-state index is -1.23. The van der Waals surface area contributed by atoms with Crippen molar-refractivity contribution in [2.75, 3.05) is 0 Å². The van der Waals surface area contributed by atoms with Gasteiger partial charge in [0.25, 0.3) is 0 Å². The summed E-state index contributed by atoms with van der Waals surface area (Å²) in [6, 6.07) is 4.20. The van der Waals surface area contributed by atoms with E-state index < -0.39 is 11.4 Å².